The first-order valence-electron chi connectivity index (χ1n) is 5.64. The van der Waals surface area contributed by atoms with Crippen LogP contribution >= 0.6 is 11.3 Å². The summed E-state index contributed by atoms with van der Waals surface area (Å²) >= 11 is 1.67. The first-order chi connectivity index (χ1) is 8.38. The molecule has 0 spiro atoms. The number of hydrogen-bond donors (Lipinski definition) is 1. The molecule has 1 N–H and O–H groups in total. The number of thiazole rings is 1. The van der Waals surface area contributed by atoms with Crippen LogP contribution in [-0.4, -0.2) is 31.2 Å². The van der Waals surface area contributed by atoms with E-state index in [0.29, 0.717) is 5.56 Å². The van der Waals surface area contributed by atoms with Gasteiger partial charge in [-0.1, -0.05) is 17.4 Å². The summed E-state index contributed by atoms with van der Waals surface area (Å²) in [5, 5.41) is 13.4. The first-order valence-corrected chi connectivity index (χ1v) is 6.45. The number of hydrogen-bond acceptors (Lipinski definition) is 5. The fourth-order valence-electron chi connectivity index (χ4n) is 2.02. The van der Waals surface area contributed by atoms with Crippen molar-refractivity contribution in [3.8, 4) is 6.07 Å². The van der Waals surface area contributed by atoms with Gasteiger partial charge in [0.1, 0.15) is 11.6 Å². The normalized spacial score (nSPS) is 16.1. The lowest BCUT2D eigenvalue weighted by Gasteiger charge is -2.26. The highest BCUT2D eigenvalue weighted by Crippen LogP contribution is 2.30. The van der Waals surface area contributed by atoms with Gasteiger partial charge in [-0.15, -0.1) is 0 Å². The van der Waals surface area contributed by atoms with Gasteiger partial charge in [0.25, 0.3) is 0 Å². The van der Waals surface area contributed by atoms with Gasteiger partial charge in [-0.25, -0.2) is 4.98 Å². The standard InChI is InChI=1S/C12H12N4S/c13-8-9-2-1-3-10-11(9)15-12(17-10)16-6-4-14-5-7-16/h1-3,14H,4-7H2. The number of benzene rings is 1. The largest absolute Gasteiger partial charge is 0.346 e. The highest BCUT2D eigenvalue weighted by Gasteiger charge is 2.15. The summed E-state index contributed by atoms with van der Waals surface area (Å²) in [4.78, 5) is 6.88. The summed E-state index contributed by atoms with van der Waals surface area (Å²) in [6, 6.07) is 7.97. The van der Waals surface area contributed by atoms with Crippen LogP contribution in [0, 0.1) is 11.3 Å². The molecule has 2 heterocycles. The minimum Gasteiger partial charge on any atom is -0.346 e. The molecule has 1 aliphatic rings. The van der Waals surface area contributed by atoms with Crippen molar-refractivity contribution in [1.82, 2.24) is 10.3 Å². The predicted molar refractivity (Wildman–Crippen MR) is 69.4 cm³/mol. The highest BCUT2D eigenvalue weighted by atomic mass is 32.1. The Morgan fingerprint density at radius 2 is 2.18 bits per heavy atom. The molecule has 0 atom stereocenters. The lowest BCUT2D eigenvalue weighted by Crippen LogP contribution is -2.43. The van der Waals surface area contributed by atoms with E-state index in [4.69, 9.17) is 5.26 Å². The molecule has 86 valence electrons. The van der Waals surface area contributed by atoms with Crippen molar-refractivity contribution in [3.05, 3.63) is 23.8 Å². The molecular formula is C12H12N4S. The molecule has 0 aliphatic carbocycles. The van der Waals surface area contributed by atoms with Gasteiger partial charge in [-0.2, -0.15) is 5.26 Å². The fourth-order valence-corrected chi connectivity index (χ4v) is 3.06. The Balaban J connectivity index is 2.04. The van der Waals surface area contributed by atoms with Gasteiger partial charge < -0.3 is 10.2 Å². The maximum Gasteiger partial charge on any atom is 0.186 e. The van der Waals surface area contributed by atoms with E-state index in [2.05, 4.69) is 21.3 Å². The Kier molecular flexibility index (Phi) is 2.67. The number of aromatic nitrogens is 1. The van der Waals surface area contributed by atoms with Crippen molar-refractivity contribution in [1.29, 1.82) is 5.26 Å². The SMILES string of the molecule is N#Cc1cccc2sc(N3CCNCC3)nc12. The Morgan fingerprint density at radius 1 is 1.35 bits per heavy atom. The molecule has 17 heavy (non-hydrogen) atoms. The average molecular weight is 244 g/mol. The molecule has 3 rings (SSSR count). The topological polar surface area (TPSA) is 52.0 Å². The second-order valence-corrected chi connectivity index (χ2v) is 5.01. The molecule has 0 amide bonds. The van der Waals surface area contributed by atoms with E-state index in [9.17, 15) is 0 Å². The lowest BCUT2D eigenvalue weighted by atomic mass is 10.2. The number of nitriles is 1. The van der Waals surface area contributed by atoms with Crippen molar-refractivity contribution >= 4 is 26.7 Å². The number of anilines is 1. The summed E-state index contributed by atoms with van der Waals surface area (Å²) in [6.45, 7) is 3.98. The van der Waals surface area contributed by atoms with Gasteiger partial charge >= 0.3 is 0 Å². The third-order valence-electron chi connectivity index (χ3n) is 2.92. The maximum absolute atomic E-state index is 9.05. The Hall–Kier alpha value is -1.64. The highest BCUT2D eigenvalue weighted by molar-refractivity contribution is 7.22. The minimum absolute atomic E-state index is 0.667. The summed E-state index contributed by atoms with van der Waals surface area (Å²) in [5.74, 6) is 0. The number of para-hydroxylation sites is 1. The van der Waals surface area contributed by atoms with E-state index in [1.54, 1.807) is 11.3 Å². The van der Waals surface area contributed by atoms with Crippen LogP contribution < -0.4 is 10.2 Å². The molecule has 0 saturated carbocycles. The summed E-state index contributed by atoms with van der Waals surface area (Å²) in [5.41, 5.74) is 1.51. The zero-order valence-corrected chi connectivity index (χ0v) is 10.1. The third-order valence-corrected chi connectivity index (χ3v) is 4.00. The minimum atomic E-state index is 0.667. The molecule has 4 nitrogen and oxygen atoms in total. The van der Waals surface area contributed by atoms with Crippen LogP contribution in [-0.2, 0) is 0 Å². The number of nitrogens with one attached hydrogen (secondary N) is 1. The van der Waals surface area contributed by atoms with E-state index >= 15 is 0 Å². The zero-order valence-electron chi connectivity index (χ0n) is 9.31. The molecule has 1 fully saturated rings. The average Bonchev–Trinajstić information content (AvgIpc) is 2.83. The van der Waals surface area contributed by atoms with Crippen LogP contribution in [0.15, 0.2) is 18.2 Å². The molecule has 2 aromatic rings. The first kappa shape index (κ1) is 10.5. The van der Waals surface area contributed by atoms with Gasteiger partial charge in [0.15, 0.2) is 5.13 Å². The van der Waals surface area contributed by atoms with Crippen molar-refractivity contribution in [2.24, 2.45) is 0 Å². The molecule has 5 heteroatoms. The molecule has 1 aromatic heterocycles. The monoisotopic (exact) mass is 244 g/mol. The Labute approximate surface area is 103 Å². The van der Waals surface area contributed by atoms with Crippen LogP contribution in [0.5, 0.6) is 0 Å². The molecule has 1 aliphatic heterocycles. The fraction of sp³-hybridized carbons (Fsp3) is 0.333. The van der Waals surface area contributed by atoms with Gasteiger partial charge in [-0.3, -0.25) is 0 Å². The summed E-state index contributed by atoms with van der Waals surface area (Å²) in [7, 11) is 0. The van der Waals surface area contributed by atoms with Crippen LogP contribution in [0.25, 0.3) is 10.2 Å². The predicted octanol–water partition coefficient (Wildman–Crippen LogP) is 1.58. The van der Waals surface area contributed by atoms with Crippen molar-refractivity contribution < 1.29 is 0 Å². The van der Waals surface area contributed by atoms with Crippen molar-refractivity contribution in [2.45, 2.75) is 0 Å². The lowest BCUT2D eigenvalue weighted by molar-refractivity contribution is 0.588. The molecule has 0 bridgehead atoms. The molecule has 0 unspecified atom stereocenters. The number of rotatable bonds is 1. The number of fused-ring (bicyclic) bond motifs is 1. The van der Waals surface area contributed by atoms with Crippen molar-refractivity contribution in [3.63, 3.8) is 0 Å². The summed E-state index contributed by atoms with van der Waals surface area (Å²) < 4.78 is 1.09. The summed E-state index contributed by atoms with van der Waals surface area (Å²) in [6.07, 6.45) is 0. The van der Waals surface area contributed by atoms with Gasteiger partial charge in [0, 0.05) is 26.2 Å². The van der Waals surface area contributed by atoms with E-state index in [0.717, 1.165) is 41.5 Å². The van der Waals surface area contributed by atoms with Crippen LogP contribution in [0.3, 0.4) is 0 Å². The smallest absolute Gasteiger partial charge is 0.186 e. The van der Waals surface area contributed by atoms with Gasteiger partial charge in [-0.05, 0) is 12.1 Å². The maximum atomic E-state index is 9.05. The molecule has 0 radical (unpaired) electrons. The third kappa shape index (κ3) is 1.86. The number of nitrogens with zero attached hydrogens (tertiary/aromatic N) is 3. The van der Waals surface area contributed by atoms with Crippen LogP contribution in [0.4, 0.5) is 5.13 Å². The van der Waals surface area contributed by atoms with E-state index in [1.165, 1.54) is 0 Å². The second-order valence-electron chi connectivity index (χ2n) is 4.00. The van der Waals surface area contributed by atoms with E-state index in [1.807, 2.05) is 18.2 Å². The quantitative estimate of drug-likeness (QED) is 0.827. The molecule has 1 saturated heterocycles. The number of piperazine rings is 1. The second kappa shape index (κ2) is 4.32. The van der Waals surface area contributed by atoms with Crippen LogP contribution in [0.1, 0.15) is 5.56 Å². The van der Waals surface area contributed by atoms with Gasteiger partial charge in [0.2, 0.25) is 0 Å². The Bertz CT molecular complexity index is 578. The Morgan fingerprint density at radius 3 is 2.94 bits per heavy atom. The van der Waals surface area contributed by atoms with Gasteiger partial charge in [0.05, 0.1) is 10.3 Å². The van der Waals surface area contributed by atoms with Crippen molar-refractivity contribution in [2.75, 3.05) is 31.1 Å². The molecular weight excluding hydrogens is 232 g/mol. The van der Waals surface area contributed by atoms with E-state index in [-0.39, 0.29) is 0 Å². The zero-order chi connectivity index (χ0) is 11.7. The molecule has 1 aromatic carbocycles. The van der Waals surface area contributed by atoms with Crippen LogP contribution in [0.2, 0.25) is 0 Å². The van der Waals surface area contributed by atoms with E-state index < -0.39 is 0 Å².